The topological polar surface area (TPSA) is 65.1 Å². The summed E-state index contributed by atoms with van der Waals surface area (Å²) in [6, 6.07) is 0.399. The molecule has 0 amide bonds. The van der Waals surface area contributed by atoms with Crippen LogP contribution in [0.25, 0.3) is 0 Å². The van der Waals surface area contributed by atoms with Crippen molar-refractivity contribution in [3.05, 3.63) is 5.69 Å². The van der Waals surface area contributed by atoms with E-state index in [1.807, 2.05) is 18.7 Å². The highest BCUT2D eigenvalue weighted by atomic mass is 16.5. The summed E-state index contributed by atoms with van der Waals surface area (Å²) in [6.07, 6.45) is 4.29. The Morgan fingerprint density at radius 2 is 2.31 bits per heavy atom. The molecule has 2 fully saturated rings. The van der Waals surface area contributed by atoms with Gasteiger partial charge in [-0.15, -0.1) is 0 Å². The van der Waals surface area contributed by atoms with Gasteiger partial charge in [-0.3, -0.25) is 4.68 Å². The summed E-state index contributed by atoms with van der Waals surface area (Å²) in [7, 11) is 1.92. The van der Waals surface area contributed by atoms with Gasteiger partial charge >= 0.3 is 0 Å². The third-order valence-corrected chi connectivity index (χ3v) is 3.70. The van der Waals surface area contributed by atoms with Crippen LogP contribution < -0.4 is 11.1 Å². The number of hydrogen-bond acceptors (Lipinski definition) is 4. The minimum absolute atomic E-state index is 0.361. The minimum atomic E-state index is 0.361. The molecule has 0 aromatic carbocycles. The summed E-state index contributed by atoms with van der Waals surface area (Å²) >= 11 is 0. The Kier molecular flexibility index (Phi) is 2.10. The smallest absolute Gasteiger partial charge is 0.148 e. The highest BCUT2D eigenvalue weighted by Crippen LogP contribution is 2.36. The molecule has 0 radical (unpaired) electrons. The molecule has 3 unspecified atom stereocenters. The van der Waals surface area contributed by atoms with Crippen LogP contribution in [0.4, 0.5) is 11.5 Å². The first kappa shape index (κ1) is 9.96. The first-order chi connectivity index (χ1) is 7.65. The molecule has 3 atom stereocenters. The summed E-state index contributed by atoms with van der Waals surface area (Å²) in [5.41, 5.74) is 7.63. The number of rotatable bonds is 2. The van der Waals surface area contributed by atoms with Crippen molar-refractivity contribution in [2.45, 2.75) is 44.4 Å². The van der Waals surface area contributed by atoms with Crippen molar-refractivity contribution < 1.29 is 4.74 Å². The minimum Gasteiger partial charge on any atom is -0.394 e. The predicted octanol–water partition coefficient (Wildman–Crippen LogP) is 1.04. The maximum Gasteiger partial charge on any atom is 0.148 e. The fraction of sp³-hybridized carbons (Fsp3) is 0.727. The molecule has 0 spiro atoms. The molecular weight excluding hydrogens is 204 g/mol. The Bertz CT molecular complexity index is 414. The van der Waals surface area contributed by atoms with Crippen LogP contribution in [0.5, 0.6) is 0 Å². The van der Waals surface area contributed by atoms with Gasteiger partial charge in [0.25, 0.3) is 0 Å². The fourth-order valence-corrected chi connectivity index (χ4v) is 2.81. The Morgan fingerprint density at radius 3 is 2.81 bits per heavy atom. The highest BCUT2D eigenvalue weighted by molar-refractivity contribution is 5.65. The maximum atomic E-state index is 5.99. The number of fused-ring (bicyclic) bond motifs is 2. The molecule has 88 valence electrons. The summed E-state index contributed by atoms with van der Waals surface area (Å²) in [5.74, 6) is 0.929. The highest BCUT2D eigenvalue weighted by Gasteiger charge is 2.41. The Hall–Kier alpha value is -1.23. The van der Waals surface area contributed by atoms with Gasteiger partial charge in [-0.05, 0) is 26.2 Å². The molecule has 2 bridgehead atoms. The molecule has 3 heterocycles. The third kappa shape index (κ3) is 1.38. The molecule has 3 rings (SSSR count). The summed E-state index contributed by atoms with van der Waals surface area (Å²) in [4.78, 5) is 0. The molecular formula is C11H18N4O. The van der Waals surface area contributed by atoms with Gasteiger partial charge in [0.05, 0.1) is 29.6 Å². The molecule has 3 N–H and O–H groups in total. The number of nitrogens with one attached hydrogen (secondary N) is 1. The Balaban J connectivity index is 1.79. The van der Waals surface area contributed by atoms with Crippen molar-refractivity contribution in [2.24, 2.45) is 7.05 Å². The number of nitrogens with two attached hydrogens (primary N) is 1. The number of nitrogens with zero attached hydrogens (tertiary/aromatic N) is 2. The van der Waals surface area contributed by atoms with E-state index < -0.39 is 0 Å². The third-order valence-electron chi connectivity index (χ3n) is 3.70. The monoisotopic (exact) mass is 222 g/mol. The molecule has 5 nitrogen and oxygen atoms in total. The van der Waals surface area contributed by atoms with Crippen molar-refractivity contribution in [1.29, 1.82) is 0 Å². The molecule has 16 heavy (non-hydrogen) atoms. The van der Waals surface area contributed by atoms with Crippen LogP contribution >= 0.6 is 0 Å². The molecule has 0 saturated carbocycles. The molecule has 1 aromatic rings. The van der Waals surface area contributed by atoms with Crippen molar-refractivity contribution in [2.75, 3.05) is 11.1 Å². The first-order valence-electron chi connectivity index (χ1n) is 5.86. The average molecular weight is 222 g/mol. The number of aromatic nitrogens is 2. The van der Waals surface area contributed by atoms with Crippen LogP contribution in [0.15, 0.2) is 0 Å². The molecule has 2 aliphatic heterocycles. The van der Waals surface area contributed by atoms with E-state index in [4.69, 9.17) is 10.5 Å². The number of nitrogen functional groups attached to an aromatic ring is 1. The molecule has 1 aromatic heterocycles. The predicted molar refractivity (Wildman–Crippen MR) is 62.3 cm³/mol. The number of ether oxygens (including phenoxy) is 1. The normalized spacial score (nSPS) is 32.2. The summed E-state index contributed by atoms with van der Waals surface area (Å²) in [5, 5.41) is 7.78. The van der Waals surface area contributed by atoms with Gasteiger partial charge in [-0.25, -0.2) is 0 Å². The maximum absolute atomic E-state index is 5.99. The van der Waals surface area contributed by atoms with E-state index in [0.717, 1.165) is 23.6 Å². The van der Waals surface area contributed by atoms with Crippen LogP contribution in [0.1, 0.15) is 25.0 Å². The van der Waals surface area contributed by atoms with Crippen molar-refractivity contribution in [1.82, 2.24) is 9.78 Å². The van der Waals surface area contributed by atoms with Gasteiger partial charge in [0.2, 0.25) is 0 Å². The van der Waals surface area contributed by atoms with Crippen molar-refractivity contribution in [3.63, 3.8) is 0 Å². The van der Waals surface area contributed by atoms with Crippen LogP contribution in [-0.4, -0.2) is 28.0 Å². The lowest BCUT2D eigenvalue weighted by Crippen LogP contribution is -2.31. The summed E-state index contributed by atoms with van der Waals surface area (Å²) in [6.45, 7) is 1.93. The van der Waals surface area contributed by atoms with E-state index >= 15 is 0 Å². The first-order valence-corrected chi connectivity index (χ1v) is 5.86. The second-order valence-corrected chi connectivity index (χ2v) is 4.83. The van der Waals surface area contributed by atoms with Gasteiger partial charge < -0.3 is 15.8 Å². The van der Waals surface area contributed by atoms with Crippen LogP contribution in [0.3, 0.4) is 0 Å². The van der Waals surface area contributed by atoms with Crippen molar-refractivity contribution >= 4 is 11.5 Å². The van der Waals surface area contributed by atoms with E-state index in [1.54, 1.807) is 0 Å². The van der Waals surface area contributed by atoms with Gasteiger partial charge in [0, 0.05) is 7.05 Å². The molecule has 0 aliphatic carbocycles. The van der Waals surface area contributed by atoms with E-state index in [1.165, 1.54) is 12.8 Å². The largest absolute Gasteiger partial charge is 0.394 e. The van der Waals surface area contributed by atoms with Gasteiger partial charge in [0.15, 0.2) is 0 Å². The van der Waals surface area contributed by atoms with Gasteiger partial charge in [-0.1, -0.05) is 0 Å². The van der Waals surface area contributed by atoms with E-state index in [0.29, 0.717) is 18.2 Å². The number of anilines is 2. The zero-order valence-corrected chi connectivity index (χ0v) is 9.73. The molecule has 2 saturated heterocycles. The standard InChI is InChI=1S/C11H18N4O/c1-6-10(12)11(15(2)14-6)13-8-5-7-3-4-9(8)16-7/h7-9,13H,3-5,12H2,1-2H3. The Morgan fingerprint density at radius 1 is 1.50 bits per heavy atom. The number of aryl methyl sites for hydroxylation is 2. The fourth-order valence-electron chi connectivity index (χ4n) is 2.81. The van der Waals surface area contributed by atoms with Crippen LogP contribution in [-0.2, 0) is 11.8 Å². The van der Waals surface area contributed by atoms with Gasteiger partial charge in [-0.2, -0.15) is 5.10 Å². The second-order valence-electron chi connectivity index (χ2n) is 4.83. The molecule has 2 aliphatic rings. The lowest BCUT2D eigenvalue weighted by molar-refractivity contribution is 0.102. The van der Waals surface area contributed by atoms with Gasteiger partial charge in [0.1, 0.15) is 5.82 Å². The molecule has 5 heteroatoms. The second kappa shape index (κ2) is 3.38. The van der Waals surface area contributed by atoms with Crippen LogP contribution in [0.2, 0.25) is 0 Å². The van der Waals surface area contributed by atoms with E-state index in [-0.39, 0.29) is 0 Å². The van der Waals surface area contributed by atoms with Crippen LogP contribution in [0, 0.1) is 6.92 Å². The zero-order valence-electron chi connectivity index (χ0n) is 9.73. The quantitative estimate of drug-likeness (QED) is 0.784. The Labute approximate surface area is 94.9 Å². The van der Waals surface area contributed by atoms with Crippen molar-refractivity contribution in [3.8, 4) is 0 Å². The number of hydrogen-bond donors (Lipinski definition) is 2. The zero-order chi connectivity index (χ0) is 11.3. The lowest BCUT2D eigenvalue weighted by Gasteiger charge is -2.21. The van der Waals surface area contributed by atoms with E-state index in [2.05, 4.69) is 10.4 Å². The lowest BCUT2D eigenvalue weighted by atomic mass is 9.95. The SMILES string of the molecule is Cc1nn(C)c(NC2CC3CCC2O3)c1N. The summed E-state index contributed by atoms with van der Waals surface area (Å²) < 4.78 is 7.63. The average Bonchev–Trinajstić information content (AvgIpc) is 2.90. The van der Waals surface area contributed by atoms with E-state index in [9.17, 15) is 0 Å².